The van der Waals surface area contributed by atoms with E-state index < -0.39 is 6.09 Å². The van der Waals surface area contributed by atoms with E-state index in [1.807, 2.05) is 72.8 Å². The number of hydrogen-bond donors (Lipinski definition) is 2. The maximum atomic E-state index is 13.1. The van der Waals surface area contributed by atoms with Crippen molar-refractivity contribution in [3.05, 3.63) is 96.2 Å². The number of furan rings is 1. The molecule has 3 heterocycles. The van der Waals surface area contributed by atoms with Crippen LogP contribution >= 0.6 is 0 Å². The van der Waals surface area contributed by atoms with Crippen molar-refractivity contribution in [2.24, 2.45) is 0 Å². The lowest BCUT2D eigenvalue weighted by molar-refractivity contribution is 0.101. The molecule has 0 atom stereocenters. The number of carbonyl (C=O) groups excluding carboxylic acids is 1. The van der Waals surface area contributed by atoms with Crippen LogP contribution in [0.25, 0.3) is 33.2 Å². The minimum absolute atomic E-state index is 0.287. The molecule has 1 aliphatic heterocycles. The van der Waals surface area contributed by atoms with Gasteiger partial charge < -0.3 is 19.7 Å². The van der Waals surface area contributed by atoms with Gasteiger partial charge in [0.1, 0.15) is 17.0 Å². The number of piperazine rings is 1. The molecule has 6 rings (SSSR count). The Morgan fingerprint density at radius 3 is 2.47 bits per heavy atom. The molecule has 8 heteroatoms. The van der Waals surface area contributed by atoms with E-state index in [0.29, 0.717) is 43.3 Å². The Morgan fingerprint density at radius 1 is 0.868 bits per heavy atom. The van der Waals surface area contributed by atoms with Crippen molar-refractivity contribution in [1.29, 1.82) is 0 Å². The standard InChI is InChI=1S/C30H26N4O4/c35-29(26-12-11-21-5-1-3-7-24(21)31-26)32-25-8-4-2-6-23(25)28-18-22-10-9-20(17-27(22)38-28)19-33-13-15-34(16-14-33)30(36)37/h1-12,17-18H,13-16,19H2,(H,32,35)(H,36,37). The monoisotopic (exact) mass is 506 g/mol. The van der Waals surface area contributed by atoms with Crippen LogP contribution in [-0.4, -0.2) is 58.1 Å². The van der Waals surface area contributed by atoms with Gasteiger partial charge in [-0.2, -0.15) is 0 Å². The number of nitrogens with one attached hydrogen (secondary N) is 1. The molecule has 1 fully saturated rings. The van der Waals surface area contributed by atoms with Gasteiger partial charge in [-0.3, -0.25) is 9.69 Å². The number of pyridine rings is 1. The predicted molar refractivity (Wildman–Crippen MR) is 146 cm³/mol. The number of aromatic nitrogens is 1. The molecule has 1 aliphatic rings. The van der Waals surface area contributed by atoms with Gasteiger partial charge in [0.15, 0.2) is 0 Å². The summed E-state index contributed by atoms with van der Waals surface area (Å²) in [7, 11) is 0. The minimum atomic E-state index is -0.862. The Bertz CT molecular complexity index is 1650. The molecule has 0 saturated carbocycles. The van der Waals surface area contributed by atoms with Crippen molar-refractivity contribution in [2.45, 2.75) is 6.54 Å². The molecular formula is C30H26N4O4. The topological polar surface area (TPSA) is 98.9 Å². The summed E-state index contributed by atoms with van der Waals surface area (Å²) in [4.78, 5) is 32.4. The number of carboxylic acid groups (broad SMARTS) is 1. The number of nitrogens with zero attached hydrogens (tertiary/aromatic N) is 3. The molecule has 8 nitrogen and oxygen atoms in total. The first-order chi connectivity index (χ1) is 18.5. The van der Waals surface area contributed by atoms with Gasteiger partial charge in [0.25, 0.3) is 5.91 Å². The fraction of sp³-hybridized carbons (Fsp3) is 0.167. The van der Waals surface area contributed by atoms with E-state index in [0.717, 1.165) is 39.5 Å². The molecular weight excluding hydrogens is 480 g/mol. The van der Waals surface area contributed by atoms with E-state index in [1.54, 1.807) is 6.07 Å². The third-order valence-electron chi connectivity index (χ3n) is 6.91. The van der Waals surface area contributed by atoms with Crippen LogP contribution in [0.1, 0.15) is 16.1 Å². The second-order valence-electron chi connectivity index (χ2n) is 9.42. The molecule has 5 aromatic rings. The molecule has 38 heavy (non-hydrogen) atoms. The van der Waals surface area contributed by atoms with Gasteiger partial charge in [0, 0.05) is 49.1 Å². The third-order valence-corrected chi connectivity index (χ3v) is 6.91. The molecule has 0 spiro atoms. The van der Waals surface area contributed by atoms with Crippen LogP contribution in [0.2, 0.25) is 0 Å². The van der Waals surface area contributed by atoms with Crippen LogP contribution in [0.4, 0.5) is 10.5 Å². The highest BCUT2D eigenvalue weighted by atomic mass is 16.4. The number of anilines is 1. The number of rotatable bonds is 5. The quantitative estimate of drug-likeness (QED) is 0.317. The third kappa shape index (κ3) is 4.81. The number of benzene rings is 3. The largest absolute Gasteiger partial charge is 0.465 e. The smallest absolute Gasteiger partial charge is 0.407 e. The SMILES string of the molecule is O=C(Nc1ccccc1-c1cc2ccc(CN3CCN(C(=O)O)CC3)cc2o1)c1ccc2ccccc2n1. The van der Waals surface area contributed by atoms with E-state index >= 15 is 0 Å². The first-order valence-electron chi connectivity index (χ1n) is 12.5. The second kappa shape index (κ2) is 9.99. The molecule has 2 aromatic heterocycles. The zero-order valence-electron chi connectivity index (χ0n) is 20.6. The number of hydrogen-bond acceptors (Lipinski definition) is 5. The molecule has 2 amide bonds. The highest BCUT2D eigenvalue weighted by Crippen LogP contribution is 2.33. The fourth-order valence-corrected chi connectivity index (χ4v) is 4.85. The highest BCUT2D eigenvalue weighted by molar-refractivity contribution is 6.06. The number of fused-ring (bicyclic) bond motifs is 2. The van der Waals surface area contributed by atoms with Crippen LogP contribution in [0, 0.1) is 0 Å². The van der Waals surface area contributed by atoms with Crippen molar-refractivity contribution in [1.82, 2.24) is 14.8 Å². The van der Waals surface area contributed by atoms with Gasteiger partial charge in [-0.1, -0.05) is 48.5 Å². The number of para-hydroxylation sites is 2. The van der Waals surface area contributed by atoms with E-state index in [2.05, 4.69) is 21.3 Å². The average molecular weight is 507 g/mol. The molecule has 0 bridgehead atoms. The molecule has 0 radical (unpaired) electrons. The Labute approximate surface area is 219 Å². The van der Waals surface area contributed by atoms with Gasteiger partial charge in [0.05, 0.1) is 11.2 Å². The summed E-state index contributed by atoms with van der Waals surface area (Å²) in [5.41, 5.74) is 4.40. The van der Waals surface area contributed by atoms with E-state index in [9.17, 15) is 9.59 Å². The minimum Gasteiger partial charge on any atom is -0.465 e. The first-order valence-corrected chi connectivity index (χ1v) is 12.5. The molecule has 3 aromatic carbocycles. The van der Waals surface area contributed by atoms with Crippen molar-refractivity contribution >= 4 is 39.6 Å². The van der Waals surface area contributed by atoms with Gasteiger partial charge in [-0.25, -0.2) is 9.78 Å². The van der Waals surface area contributed by atoms with Crippen molar-refractivity contribution in [3.63, 3.8) is 0 Å². The zero-order chi connectivity index (χ0) is 26.1. The van der Waals surface area contributed by atoms with Gasteiger partial charge in [-0.15, -0.1) is 0 Å². The molecule has 190 valence electrons. The Morgan fingerprint density at radius 2 is 1.63 bits per heavy atom. The van der Waals surface area contributed by atoms with Crippen molar-refractivity contribution in [2.75, 3.05) is 31.5 Å². The molecule has 0 unspecified atom stereocenters. The summed E-state index contributed by atoms with van der Waals surface area (Å²) < 4.78 is 6.25. The highest BCUT2D eigenvalue weighted by Gasteiger charge is 2.21. The Balaban J connectivity index is 1.21. The summed E-state index contributed by atoms with van der Waals surface area (Å²) in [5, 5.41) is 14.1. The Hall–Kier alpha value is -4.69. The maximum absolute atomic E-state index is 13.1. The van der Waals surface area contributed by atoms with Crippen LogP contribution in [0.3, 0.4) is 0 Å². The lowest BCUT2D eigenvalue weighted by Crippen LogP contribution is -2.47. The first kappa shape index (κ1) is 23.7. The normalized spacial score (nSPS) is 14.2. The lowest BCUT2D eigenvalue weighted by Gasteiger charge is -2.33. The molecule has 2 N–H and O–H groups in total. The number of amides is 2. The number of carbonyl (C=O) groups is 2. The van der Waals surface area contributed by atoms with Crippen LogP contribution in [0.5, 0.6) is 0 Å². The van der Waals surface area contributed by atoms with Gasteiger partial charge in [0.2, 0.25) is 0 Å². The summed E-state index contributed by atoms with van der Waals surface area (Å²) >= 11 is 0. The summed E-state index contributed by atoms with van der Waals surface area (Å²) in [5.74, 6) is 0.374. The van der Waals surface area contributed by atoms with Crippen LogP contribution in [0.15, 0.2) is 89.3 Å². The fourth-order valence-electron chi connectivity index (χ4n) is 4.85. The average Bonchev–Trinajstić information content (AvgIpc) is 3.36. The molecule has 1 saturated heterocycles. The van der Waals surface area contributed by atoms with Crippen LogP contribution in [-0.2, 0) is 6.54 Å². The summed E-state index contributed by atoms with van der Waals surface area (Å²) in [6.45, 7) is 3.16. The zero-order valence-corrected chi connectivity index (χ0v) is 20.6. The van der Waals surface area contributed by atoms with Crippen molar-refractivity contribution < 1.29 is 19.1 Å². The van der Waals surface area contributed by atoms with Gasteiger partial charge in [-0.05, 0) is 42.0 Å². The predicted octanol–water partition coefficient (Wildman–Crippen LogP) is 5.70. The van der Waals surface area contributed by atoms with E-state index in [1.165, 1.54) is 4.90 Å². The molecule has 0 aliphatic carbocycles. The van der Waals surface area contributed by atoms with E-state index in [4.69, 9.17) is 9.52 Å². The summed E-state index contributed by atoms with van der Waals surface area (Å²) in [6, 6.07) is 27.0. The van der Waals surface area contributed by atoms with Crippen LogP contribution < -0.4 is 5.32 Å². The summed E-state index contributed by atoms with van der Waals surface area (Å²) in [6.07, 6.45) is -0.862. The Kier molecular flexibility index (Phi) is 6.23. The van der Waals surface area contributed by atoms with Gasteiger partial charge >= 0.3 is 6.09 Å². The second-order valence-corrected chi connectivity index (χ2v) is 9.42. The van der Waals surface area contributed by atoms with E-state index in [-0.39, 0.29) is 5.91 Å². The maximum Gasteiger partial charge on any atom is 0.407 e. The van der Waals surface area contributed by atoms with Crippen molar-refractivity contribution in [3.8, 4) is 11.3 Å². The lowest BCUT2D eigenvalue weighted by atomic mass is 10.1.